The van der Waals surface area contributed by atoms with Crippen LogP contribution >= 0.6 is 23.5 Å². The molecule has 0 aromatic rings. The fourth-order valence-electron chi connectivity index (χ4n) is 2.54. The zero-order valence-corrected chi connectivity index (χ0v) is 12.1. The molecular formula is C12H22N2OS2. The lowest BCUT2D eigenvalue weighted by atomic mass is 10.0. The van der Waals surface area contributed by atoms with Crippen molar-refractivity contribution in [1.29, 1.82) is 0 Å². The molecule has 0 aromatic carbocycles. The van der Waals surface area contributed by atoms with E-state index in [-0.39, 0.29) is 5.91 Å². The molecule has 17 heavy (non-hydrogen) atoms. The van der Waals surface area contributed by atoms with Gasteiger partial charge in [0.1, 0.15) is 0 Å². The van der Waals surface area contributed by atoms with Gasteiger partial charge in [0, 0.05) is 49.1 Å². The van der Waals surface area contributed by atoms with Crippen LogP contribution in [0.1, 0.15) is 12.8 Å². The Labute approximate surface area is 112 Å². The largest absolute Gasteiger partial charge is 0.359 e. The second kappa shape index (κ2) is 6.90. The smallest absolute Gasteiger partial charge is 0.220 e. The summed E-state index contributed by atoms with van der Waals surface area (Å²) < 4.78 is 0. The van der Waals surface area contributed by atoms with Crippen molar-refractivity contribution >= 4 is 29.4 Å². The third-order valence-electron chi connectivity index (χ3n) is 3.58. The van der Waals surface area contributed by atoms with Gasteiger partial charge in [-0.05, 0) is 18.9 Å². The zero-order chi connectivity index (χ0) is 12.1. The molecule has 98 valence electrons. The van der Waals surface area contributed by atoms with E-state index in [9.17, 15) is 4.79 Å². The second-order valence-corrected chi connectivity index (χ2v) is 7.13. The van der Waals surface area contributed by atoms with Crippen LogP contribution in [0, 0.1) is 5.92 Å². The molecule has 2 aliphatic heterocycles. The number of likely N-dealkylation sites (tertiary alicyclic amines) is 1. The number of nitrogens with one attached hydrogen (secondary N) is 1. The van der Waals surface area contributed by atoms with E-state index in [2.05, 4.69) is 33.7 Å². The highest BCUT2D eigenvalue weighted by Crippen LogP contribution is 2.26. The number of carbonyl (C=O) groups is 1. The van der Waals surface area contributed by atoms with E-state index in [1.165, 1.54) is 36.0 Å². The predicted molar refractivity (Wildman–Crippen MR) is 76.8 cm³/mol. The number of nitrogens with zero attached hydrogens (tertiary/aromatic N) is 1. The lowest BCUT2D eigenvalue weighted by Gasteiger charge is -2.25. The Balaban J connectivity index is 1.78. The number of amides is 1. The molecule has 0 aliphatic carbocycles. The van der Waals surface area contributed by atoms with Crippen LogP contribution in [0.4, 0.5) is 0 Å². The van der Waals surface area contributed by atoms with E-state index in [1.807, 2.05) is 0 Å². The van der Waals surface area contributed by atoms with Crippen LogP contribution in [0.25, 0.3) is 0 Å². The molecule has 0 radical (unpaired) electrons. The van der Waals surface area contributed by atoms with E-state index in [0.29, 0.717) is 12.3 Å². The van der Waals surface area contributed by atoms with Crippen molar-refractivity contribution in [3.63, 3.8) is 0 Å². The minimum atomic E-state index is 0.196. The Morgan fingerprint density at radius 3 is 2.71 bits per heavy atom. The van der Waals surface area contributed by atoms with Gasteiger partial charge in [-0.25, -0.2) is 0 Å². The summed E-state index contributed by atoms with van der Waals surface area (Å²) in [5.41, 5.74) is 0. The Hall–Kier alpha value is 0.130. The van der Waals surface area contributed by atoms with Gasteiger partial charge in [0.05, 0.1) is 0 Å². The van der Waals surface area contributed by atoms with Crippen molar-refractivity contribution in [3.8, 4) is 0 Å². The minimum Gasteiger partial charge on any atom is -0.359 e. The number of thioether (sulfide) groups is 2. The van der Waals surface area contributed by atoms with E-state index >= 15 is 0 Å². The zero-order valence-electron chi connectivity index (χ0n) is 10.5. The molecule has 1 N–H and O–H groups in total. The van der Waals surface area contributed by atoms with Gasteiger partial charge in [-0.1, -0.05) is 0 Å². The van der Waals surface area contributed by atoms with Gasteiger partial charge in [0.15, 0.2) is 0 Å². The highest BCUT2D eigenvalue weighted by atomic mass is 32.2. The third-order valence-corrected chi connectivity index (χ3v) is 6.06. The van der Waals surface area contributed by atoms with Crippen LogP contribution in [0.5, 0.6) is 0 Å². The molecule has 2 rings (SSSR count). The average molecular weight is 274 g/mol. The van der Waals surface area contributed by atoms with Gasteiger partial charge in [-0.3, -0.25) is 9.69 Å². The standard InChI is InChI=1S/C12H22N2OS2/c1-13-12(15)6-10-2-3-14(7-10)11-8-16-4-5-17-9-11/h10-11H,2-9H2,1H3,(H,13,15)/t10-/m0/s1. The van der Waals surface area contributed by atoms with Gasteiger partial charge >= 0.3 is 0 Å². The monoisotopic (exact) mass is 274 g/mol. The summed E-state index contributed by atoms with van der Waals surface area (Å²) in [5.74, 6) is 5.93. The summed E-state index contributed by atoms with van der Waals surface area (Å²) in [6, 6.07) is 0.738. The summed E-state index contributed by atoms with van der Waals surface area (Å²) in [6.45, 7) is 2.31. The first-order valence-corrected chi connectivity index (χ1v) is 8.70. The third kappa shape index (κ3) is 4.07. The fourth-order valence-corrected chi connectivity index (χ4v) is 5.17. The normalized spacial score (nSPS) is 27.9. The molecule has 2 heterocycles. The average Bonchev–Trinajstić information content (AvgIpc) is 2.63. The Bertz CT molecular complexity index is 255. The van der Waals surface area contributed by atoms with Crippen molar-refractivity contribution in [1.82, 2.24) is 10.2 Å². The van der Waals surface area contributed by atoms with Crippen LogP contribution < -0.4 is 5.32 Å². The molecule has 2 saturated heterocycles. The molecule has 0 aromatic heterocycles. The molecule has 0 unspecified atom stereocenters. The molecule has 3 nitrogen and oxygen atoms in total. The molecule has 1 amide bonds. The fraction of sp³-hybridized carbons (Fsp3) is 0.917. The first-order chi connectivity index (χ1) is 8.29. The number of carbonyl (C=O) groups excluding carboxylic acids is 1. The van der Waals surface area contributed by atoms with E-state index in [4.69, 9.17) is 0 Å². The van der Waals surface area contributed by atoms with Crippen LogP contribution in [-0.4, -0.2) is 60.0 Å². The Morgan fingerprint density at radius 1 is 1.35 bits per heavy atom. The topological polar surface area (TPSA) is 32.3 Å². The van der Waals surface area contributed by atoms with Crippen molar-refractivity contribution in [2.24, 2.45) is 5.92 Å². The first kappa shape index (κ1) is 13.6. The van der Waals surface area contributed by atoms with E-state index in [0.717, 1.165) is 12.6 Å². The van der Waals surface area contributed by atoms with Gasteiger partial charge < -0.3 is 5.32 Å². The van der Waals surface area contributed by atoms with Crippen molar-refractivity contribution in [2.75, 3.05) is 43.1 Å². The molecular weight excluding hydrogens is 252 g/mol. The number of hydrogen-bond donors (Lipinski definition) is 1. The number of rotatable bonds is 3. The van der Waals surface area contributed by atoms with Crippen molar-refractivity contribution in [3.05, 3.63) is 0 Å². The summed E-state index contributed by atoms with van der Waals surface area (Å²) in [6.07, 6.45) is 1.90. The molecule has 2 aliphatic rings. The van der Waals surface area contributed by atoms with E-state index < -0.39 is 0 Å². The van der Waals surface area contributed by atoms with Gasteiger partial charge in [0.2, 0.25) is 5.91 Å². The lowest BCUT2D eigenvalue weighted by molar-refractivity contribution is -0.121. The molecule has 0 saturated carbocycles. The molecule has 0 bridgehead atoms. The van der Waals surface area contributed by atoms with Crippen molar-refractivity contribution in [2.45, 2.75) is 18.9 Å². The minimum absolute atomic E-state index is 0.196. The lowest BCUT2D eigenvalue weighted by Crippen LogP contribution is -2.37. The summed E-state index contributed by atoms with van der Waals surface area (Å²) in [5, 5.41) is 2.73. The summed E-state index contributed by atoms with van der Waals surface area (Å²) >= 11 is 4.18. The molecule has 2 fully saturated rings. The highest BCUT2D eigenvalue weighted by Gasteiger charge is 2.29. The summed E-state index contributed by atoms with van der Waals surface area (Å²) in [4.78, 5) is 14.0. The molecule has 5 heteroatoms. The SMILES string of the molecule is CNC(=O)C[C@@H]1CCN(C2CSCCSC2)C1. The quantitative estimate of drug-likeness (QED) is 0.841. The van der Waals surface area contributed by atoms with Crippen LogP contribution in [0.15, 0.2) is 0 Å². The van der Waals surface area contributed by atoms with Gasteiger partial charge in [0.25, 0.3) is 0 Å². The van der Waals surface area contributed by atoms with Gasteiger partial charge in [-0.2, -0.15) is 23.5 Å². The maximum atomic E-state index is 11.4. The highest BCUT2D eigenvalue weighted by molar-refractivity contribution is 8.03. The van der Waals surface area contributed by atoms with Crippen molar-refractivity contribution < 1.29 is 4.79 Å². The Kier molecular flexibility index (Phi) is 5.50. The molecule has 1 atom stereocenters. The maximum Gasteiger partial charge on any atom is 0.220 e. The van der Waals surface area contributed by atoms with Crippen LogP contribution in [0.2, 0.25) is 0 Å². The first-order valence-electron chi connectivity index (χ1n) is 6.39. The summed E-state index contributed by atoms with van der Waals surface area (Å²) in [7, 11) is 1.73. The molecule has 0 spiro atoms. The van der Waals surface area contributed by atoms with Crippen LogP contribution in [0.3, 0.4) is 0 Å². The second-order valence-electron chi connectivity index (χ2n) is 4.83. The van der Waals surface area contributed by atoms with E-state index in [1.54, 1.807) is 7.05 Å². The van der Waals surface area contributed by atoms with Gasteiger partial charge in [-0.15, -0.1) is 0 Å². The predicted octanol–water partition coefficient (Wildman–Crippen LogP) is 1.29. The number of hydrogen-bond acceptors (Lipinski definition) is 4. The Morgan fingerprint density at radius 2 is 2.06 bits per heavy atom. The van der Waals surface area contributed by atoms with Crippen LogP contribution in [-0.2, 0) is 4.79 Å². The maximum absolute atomic E-state index is 11.4.